The molecule has 0 radical (unpaired) electrons. The van der Waals surface area contributed by atoms with Gasteiger partial charge < -0.3 is 13.6 Å². The summed E-state index contributed by atoms with van der Waals surface area (Å²) in [5, 5.41) is 6.94. The molecule has 0 bridgehead atoms. The molecule has 6 nitrogen and oxygen atoms in total. The van der Waals surface area contributed by atoms with Crippen LogP contribution in [0.3, 0.4) is 0 Å². The average molecular weight is 822 g/mol. The highest BCUT2D eigenvalue weighted by atomic mass is 16.3. The summed E-state index contributed by atoms with van der Waals surface area (Å²) >= 11 is 0. The maximum atomic E-state index is 6.53. The Hall–Kier alpha value is -8.61. The Morgan fingerprint density at radius 2 is 1.03 bits per heavy atom. The lowest BCUT2D eigenvalue weighted by Crippen LogP contribution is -2.01. The Kier molecular flexibility index (Phi) is 8.76. The molecule has 6 heteroatoms. The normalized spacial score (nSPS) is 12.2. The number of benzene rings is 8. The second-order valence-corrected chi connectivity index (χ2v) is 16.0. The molecule has 0 aliphatic rings. The highest BCUT2D eigenvalue weighted by Crippen LogP contribution is 2.43. The van der Waals surface area contributed by atoms with Gasteiger partial charge in [-0.05, 0) is 84.8 Å². The number of aromatic nitrogens is 5. The van der Waals surface area contributed by atoms with Crippen molar-refractivity contribution in [1.29, 1.82) is 0 Å². The van der Waals surface area contributed by atoms with Crippen LogP contribution in [0.5, 0.6) is 0 Å². The van der Waals surface area contributed by atoms with E-state index >= 15 is 0 Å². The number of furan rings is 1. The fourth-order valence-electron chi connectivity index (χ4n) is 9.46. The first kappa shape index (κ1) is 37.2. The molecule has 0 unspecified atom stereocenters. The second kappa shape index (κ2) is 15.1. The minimum atomic E-state index is 0.561. The van der Waals surface area contributed by atoms with Gasteiger partial charge in [-0.25, -0.2) is 15.0 Å². The van der Waals surface area contributed by atoms with Gasteiger partial charge in [-0.15, -0.1) is 0 Å². The van der Waals surface area contributed by atoms with Gasteiger partial charge in [-0.3, -0.25) is 0 Å². The van der Waals surface area contributed by atoms with Crippen molar-refractivity contribution in [3.05, 3.63) is 218 Å². The highest BCUT2D eigenvalue weighted by Gasteiger charge is 2.22. The SMILES string of the molecule is C=C/C(=C\C=C/C)c1cccc2oc3cc(-c4nc(-c5ccccc5)nc(-c5cccc(-n6c7ccccc7c7c8c9ccccc9n(-c9ccccc9)c8ccc76)c5)n4)ccc3c12. The van der Waals surface area contributed by atoms with Gasteiger partial charge in [0.2, 0.25) is 0 Å². The number of hydrogen-bond donors (Lipinski definition) is 0. The van der Waals surface area contributed by atoms with Crippen molar-refractivity contribution < 1.29 is 4.42 Å². The van der Waals surface area contributed by atoms with Crippen LogP contribution in [0.2, 0.25) is 0 Å². The van der Waals surface area contributed by atoms with Crippen molar-refractivity contribution >= 4 is 71.1 Å². The van der Waals surface area contributed by atoms with Crippen molar-refractivity contribution in [1.82, 2.24) is 24.1 Å². The van der Waals surface area contributed by atoms with E-state index in [1.54, 1.807) is 0 Å². The fourth-order valence-corrected chi connectivity index (χ4v) is 9.46. The molecule has 0 saturated carbocycles. The van der Waals surface area contributed by atoms with Crippen molar-refractivity contribution in [3.63, 3.8) is 0 Å². The summed E-state index contributed by atoms with van der Waals surface area (Å²) < 4.78 is 11.3. The smallest absolute Gasteiger partial charge is 0.164 e. The third kappa shape index (κ3) is 5.92. The predicted molar refractivity (Wildman–Crippen MR) is 265 cm³/mol. The van der Waals surface area contributed by atoms with Crippen LogP contribution in [0.1, 0.15) is 12.5 Å². The Balaban J connectivity index is 1.03. The molecule has 0 spiro atoms. The number of para-hydroxylation sites is 3. The van der Waals surface area contributed by atoms with Crippen LogP contribution < -0.4 is 0 Å². The summed E-state index contributed by atoms with van der Waals surface area (Å²) in [6.07, 6.45) is 8.01. The minimum absolute atomic E-state index is 0.561. The predicted octanol–water partition coefficient (Wildman–Crippen LogP) is 15.1. The van der Waals surface area contributed by atoms with Crippen molar-refractivity contribution in [2.75, 3.05) is 0 Å². The summed E-state index contributed by atoms with van der Waals surface area (Å²) in [5.74, 6) is 1.74. The quantitative estimate of drug-likeness (QED) is 0.143. The van der Waals surface area contributed by atoms with Crippen LogP contribution in [-0.2, 0) is 0 Å². The lowest BCUT2D eigenvalue weighted by molar-refractivity contribution is 0.669. The number of fused-ring (bicyclic) bond motifs is 10. The highest BCUT2D eigenvalue weighted by molar-refractivity contribution is 6.29. The Morgan fingerprint density at radius 1 is 0.469 bits per heavy atom. The zero-order valence-electron chi connectivity index (χ0n) is 35.0. The summed E-state index contributed by atoms with van der Waals surface area (Å²) in [6.45, 7) is 6.11. The van der Waals surface area contributed by atoms with E-state index in [0.29, 0.717) is 17.5 Å². The molecule has 0 aliphatic carbocycles. The summed E-state index contributed by atoms with van der Waals surface area (Å²) in [6, 6.07) is 63.6. The van der Waals surface area contributed by atoms with Crippen molar-refractivity contribution in [2.24, 2.45) is 0 Å². The van der Waals surface area contributed by atoms with E-state index in [4.69, 9.17) is 19.4 Å². The maximum absolute atomic E-state index is 6.53. The summed E-state index contributed by atoms with van der Waals surface area (Å²) in [7, 11) is 0. The van der Waals surface area contributed by atoms with E-state index in [-0.39, 0.29) is 0 Å². The largest absolute Gasteiger partial charge is 0.456 e. The summed E-state index contributed by atoms with van der Waals surface area (Å²) in [5.41, 5.74) is 13.0. The van der Waals surface area contributed by atoms with Gasteiger partial charge in [-0.1, -0.05) is 146 Å². The zero-order valence-corrected chi connectivity index (χ0v) is 35.0. The van der Waals surface area contributed by atoms with Gasteiger partial charge in [0.05, 0.1) is 22.1 Å². The fraction of sp³-hybridized carbons (Fsp3) is 0.0172. The molecule has 0 fully saturated rings. The molecule has 0 atom stereocenters. The molecule has 12 rings (SSSR count). The van der Waals surface area contributed by atoms with E-state index in [2.05, 4.69) is 155 Å². The minimum Gasteiger partial charge on any atom is -0.456 e. The molecular formula is C58H39N5O. The van der Waals surface area contributed by atoms with Crippen LogP contribution in [0.4, 0.5) is 0 Å². The van der Waals surface area contributed by atoms with Crippen LogP contribution in [0.25, 0.3) is 117 Å². The molecule has 4 aromatic heterocycles. The third-order valence-corrected chi connectivity index (χ3v) is 12.3. The van der Waals surface area contributed by atoms with E-state index < -0.39 is 0 Å². The number of nitrogens with zero attached hydrogens (tertiary/aromatic N) is 5. The molecule has 0 saturated heterocycles. The van der Waals surface area contributed by atoms with Gasteiger partial charge in [0.15, 0.2) is 17.5 Å². The van der Waals surface area contributed by atoms with Crippen molar-refractivity contribution in [3.8, 4) is 45.5 Å². The van der Waals surface area contributed by atoms with Gasteiger partial charge in [0.1, 0.15) is 11.2 Å². The average Bonchev–Trinajstić information content (AvgIpc) is 4.02. The van der Waals surface area contributed by atoms with Crippen LogP contribution in [0.15, 0.2) is 217 Å². The monoisotopic (exact) mass is 821 g/mol. The van der Waals surface area contributed by atoms with E-state index in [0.717, 1.165) is 72.2 Å². The first-order chi connectivity index (χ1) is 31.7. The molecule has 302 valence electrons. The molecule has 12 aromatic rings. The van der Waals surface area contributed by atoms with Gasteiger partial charge in [0, 0.05) is 60.4 Å². The number of rotatable bonds is 8. The second-order valence-electron chi connectivity index (χ2n) is 16.0. The van der Waals surface area contributed by atoms with E-state index in [1.165, 1.54) is 32.6 Å². The number of hydrogen-bond acceptors (Lipinski definition) is 4. The van der Waals surface area contributed by atoms with E-state index in [9.17, 15) is 0 Å². The molecule has 64 heavy (non-hydrogen) atoms. The molecule has 0 N–H and O–H groups in total. The zero-order chi connectivity index (χ0) is 42.7. The Bertz CT molecular complexity index is 3870. The molecule has 4 heterocycles. The van der Waals surface area contributed by atoms with Gasteiger partial charge in [0.25, 0.3) is 0 Å². The Labute approximate surface area is 369 Å². The molecule has 8 aromatic carbocycles. The first-order valence-corrected chi connectivity index (χ1v) is 21.5. The molecular weight excluding hydrogens is 783 g/mol. The van der Waals surface area contributed by atoms with Crippen LogP contribution in [-0.4, -0.2) is 24.1 Å². The summed E-state index contributed by atoms with van der Waals surface area (Å²) in [4.78, 5) is 15.4. The van der Waals surface area contributed by atoms with Gasteiger partial charge in [-0.2, -0.15) is 0 Å². The van der Waals surface area contributed by atoms with Crippen LogP contribution >= 0.6 is 0 Å². The van der Waals surface area contributed by atoms with E-state index in [1.807, 2.05) is 73.7 Å². The maximum Gasteiger partial charge on any atom is 0.164 e. The van der Waals surface area contributed by atoms with Gasteiger partial charge >= 0.3 is 0 Å². The van der Waals surface area contributed by atoms with Crippen molar-refractivity contribution in [2.45, 2.75) is 6.92 Å². The van der Waals surface area contributed by atoms with Crippen LogP contribution in [0, 0.1) is 0 Å². The molecule has 0 aliphatic heterocycles. The third-order valence-electron chi connectivity index (χ3n) is 12.3. The lowest BCUT2D eigenvalue weighted by atomic mass is 9.98. The molecule has 0 amide bonds. The Morgan fingerprint density at radius 3 is 1.70 bits per heavy atom. The lowest BCUT2D eigenvalue weighted by Gasteiger charge is -2.12. The topological polar surface area (TPSA) is 61.7 Å². The number of allylic oxidation sites excluding steroid dienone is 5. The first-order valence-electron chi connectivity index (χ1n) is 21.5. The standard InChI is InChI=1S/C58H39N5O/c1-3-5-18-37(4-2)43-27-17-30-51-53(43)46-32-31-40(36-52(46)64-51)58-60-56(38-19-8-6-9-20-38)59-57(61-58)39-21-16-24-42(35-39)63-48-29-15-13-26-45(48)55-50(63)34-33-49-54(55)44-25-12-14-28-47(44)62(49)41-22-10-7-11-23-41/h3-36H,2H2,1H3/b5-3-,37-18+.